The number of nitrogens with zero attached hydrogens (tertiary/aromatic N) is 1. The van der Waals surface area contributed by atoms with E-state index < -0.39 is 38.0 Å². The summed E-state index contributed by atoms with van der Waals surface area (Å²) in [6.45, 7) is 1.74. The number of carbonyl (C=O) groups excluding carboxylic acids is 1. The second-order valence-corrected chi connectivity index (χ2v) is 15.7. The van der Waals surface area contributed by atoms with Gasteiger partial charge in [0.25, 0.3) is 0 Å². The van der Waals surface area contributed by atoms with Crippen LogP contribution in [0.2, 0.25) is 0 Å². The predicted molar refractivity (Wildman–Crippen MR) is 113 cm³/mol. The number of methoxy groups -OCH3 is 1. The monoisotopic (exact) mass is 519 g/mol. The molecule has 0 saturated carbocycles. The van der Waals surface area contributed by atoms with Crippen molar-refractivity contribution in [1.82, 2.24) is 0 Å². The Labute approximate surface area is 178 Å². The number of para-hydroxylation sites is 1. The molecular formula is C19H22InN3O5S. The van der Waals surface area contributed by atoms with E-state index >= 15 is 0 Å². The van der Waals surface area contributed by atoms with E-state index in [0.29, 0.717) is 17.0 Å². The summed E-state index contributed by atoms with van der Waals surface area (Å²) in [7, 11) is -2.83. The van der Waals surface area contributed by atoms with Crippen molar-refractivity contribution in [2.75, 3.05) is 11.8 Å². The summed E-state index contributed by atoms with van der Waals surface area (Å²) < 4.78 is 42.3. The third-order valence-electron chi connectivity index (χ3n) is 4.69. The van der Waals surface area contributed by atoms with Gasteiger partial charge < -0.3 is 0 Å². The molecule has 2 aromatic rings. The van der Waals surface area contributed by atoms with E-state index in [4.69, 9.17) is 14.7 Å². The molecule has 3 rings (SSSR count). The fourth-order valence-corrected chi connectivity index (χ4v) is 10.3. The van der Waals surface area contributed by atoms with Crippen molar-refractivity contribution in [3.8, 4) is 5.75 Å². The zero-order valence-electron chi connectivity index (χ0n) is 16.2. The van der Waals surface area contributed by atoms with Crippen molar-refractivity contribution in [3.05, 3.63) is 59.2 Å². The summed E-state index contributed by atoms with van der Waals surface area (Å²) in [4.78, 5) is 12.4. The molecule has 0 saturated heterocycles. The number of aryl methyl sites for hydroxylation is 1. The minimum absolute atomic E-state index is 0.0789. The van der Waals surface area contributed by atoms with Gasteiger partial charge in [-0.3, -0.25) is 0 Å². The maximum atomic E-state index is 12.4. The number of nitrogens with one attached hydrogen (secondary N) is 1. The molecule has 29 heavy (non-hydrogen) atoms. The van der Waals surface area contributed by atoms with Crippen molar-refractivity contribution < 1.29 is 22.1 Å². The normalized spacial score (nSPS) is 16.0. The molecule has 0 spiro atoms. The Bertz CT molecular complexity index is 1040. The maximum absolute atomic E-state index is 12.4. The van der Waals surface area contributed by atoms with Crippen LogP contribution in [-0.2, 0) is 18.7 Å². The van der Waals surface area contributed by atoms with Crippen LogP contribution in [0.5, 0.6) is 5.75 Å². The van der Waals surface area contributed by atoms with Gasteiger partial charge in [0.15, 0.2) is 0 Å². The van der Waals surface area contributed by atoms with Crippen molar-refractivity contribution in [3.63, 3.8) is 0 Å². The van der Waals surface area contributed by atoms with Gasteiger partial charge >= 0.3 is 173 Å². The van der Waals surface area contributed by atoms with E-state index in [2.05, 4.69) is 7.70 Å². The van der Waals surface area contributed by atoms with Crippen molar-refractivity contribution in [2.24, 2.45) is 8.71 Å². The third-order valence-corrected chi connectivity index (χ3v) is 13.3. The van der Waals surface area contributed by atoms with Gasteiger partial charge in [0.05, 0.1) is 0 Å². The van der Waals surface area contributed by atoms with Crippen LogP contribution in [-0.4, -0.2) is 53.2 Å². The Hall–Kier alpha value is -2.04. The molecule has 0 amide bonds. The Morgan fingerprint density at radius 2 is 2.07 bits per heavy atom. The molecule has 3 N–H and O–H groups in total. The van der Waals surface area contributed by atoms with Gasteiger partial charge in [0.1, 0.15) is 0 Å². The first kappa shape index (κ1) is 21.7. The first-order chi connectivity index (χ1) is 13.8. The Morgan fingerprint density at radius 3 is 2.72 bits per heavy atom. The standard InChI is InChI=1S/C16H16NO5S.C3H6N2.In/c1-11-6-4-5-7-14(11)17-23(19,20)22-16(18)13-9-8-12(2)15(10-13)21-3;4-2-1-3-5;/h4-10,17H,2H2,1,3H3;2-3H,1,4H2;/q;-1;+1. The number of anilines is 1. The summed E-state index contributed by atoms with van der Waals surface area (Å²) in [5.41, 5.74) is 8.16. The number of hydrogen-bond donors (Lipinski definition) is 2. The first-order valence-electron chi connectivity index (χ1n) is 9.05. The van der Waals surface area contributed by atoms with Gasteiger partial charge in [-0.25, -0.2) is 0 Å². The average molecular weight is 519 g/mol. The van der Waals surface area contributed by atoms with E-state index in [1.807, 2.05) is 6.21 Å². The third kappa shape index (κ3) is 5.52. The van der Waals surface area contributed by atoms with Crippen LogP contribution in [0.1, 0.15) is 27.9 Å². The van der Waals surface area contributed by atoms with Crippen LogP contribution in [0, 0.1) is 6.92 Å². The van der Waals surface area contributed by atoms with Gasteiger partial charge in [-0.15, -0.1) is 0 Å². The molecule has 10 heteroatoms. The molecule has 1 aliphatic heterocycles. The molecule has 8 nitrogen and oxygen atoms in total. The minimum atomic E-state index is -4.33. The van der Waals surface area contributed by atoms with E-state index in [9.17, 15) is 13.2 Å². The number of rotatable bonds is 7. The van der Waals surface area contributed by atoms with Crippen molar-refractivity contribution in [2.45, 2.75) is 21.3 Å². The molecule has 1 atom stereocenters. The van der Waals surface area contributed by atoms with E-state index in [1.54, 1.807) is 37.3 Å². The average Bonchev–Trinajstić information content (AvgIpc) is 3.08. The Morgan fingerprint density at radius 1 is 1.31 bits per heavy atom. The molecule has 0 aliphatic carbocycles. The summed E-state index contributed by atoms with van der Waals surface area (Å²) >= 11 is -2.27. The molecule has 1 aliphatic rings. The molecule has 0 radical (unpaired) electrons. The molecule has 1 heterocycles. The Balaban J connectivity index is 1.73. The van der Waals surface area contributed by atoms with Gasteiger partial charge in [-0.2, -0.15) is 0 Å². The topological polar surface area (TPSA) is 120 Å². The summed E-state index contributed by atoms with van der Waals surface area (Å²) in [6, 6.07) is 11.5. The van der Waals surface area contributed by atoms with Gasteiger partial charge in [-0.05, 0) is 0 Å². The SMILES string of the molecule is COc1cc(C(=O)OS(=O)(=O)Nc2ccccc2C)ccc1[CH2][In]1[N]=CC[CH]1N. The van der Waals surface area contributed by atoms with Gasteiger partial charge in [0, 0.05) is 0 Å². The van der Waals surface area contributed by atoms with E-state index in [0.717, 1.165) is 16.2 Å². The van der Waals surface area contributed by atoms with Crippen LogP contribution in [0.15, 0.2) is 45.4 Å². The van der Waals surface area contributed by atoms with E-state index in [1.165, 1.54) is 19.2 Å². The summed E-state index contributed by atoms with van der Waals surface area (Å²) in [6.07, 6.45) is 2.72. The van der Waals surface area contributed by atoms with Crippen LogP contribution in [0.3, 0.4) is 0 Å². The first-order valence-corrected chi connectivity index (χ1v) is 16.2. The molecule has 0 aromatic heterocycles. The van der Waals surface area contributed by atoms with Crippen LogP contribution in [0.25, 0.3) is 0 Å². The second kappa shape index (κ2) is 9.19. The van der Waals surface area contributed by atoms with Gasteiger partial charge in [0.2, 0.25) is 0 Å². The molecule has 2 aromatic carbocycles. The van der Waals surface area contributed by atoms with Crippen LogP contribution in [0.4, 0.5) is 5.69 Å². The van der Waals surface area contributed by atoms with Crippen LogP contribution < -0.4 is 15.2 Å². The molecule has 0 fully saturated rings. The fourth-order valence-electron chi connectivity index (χ4n) is 3.05. The molecule has 152 valence electrons. The van der Waals surface area contributed by atoms with Crippen molar-refractivity contribution in [1.29, 1.82) is 0 Å². The predicted octanol–water partition coefficient (Wildman–Crippen LogP) is 1.93. The summed E-state index contributed by atoms with van der Waals surface area (Å²) in [5.74, 6) is -0.496. The van der Waals surface area contributed by atoms with Gasteiger partial charge in [-0.1, -0.05) is 6.07 Å². The summed E-state index contributed by atoms with van der Waals surface area (Å²) in [5, 5.41) is 0. The Kier molecular flexibility index (Phi) is 6.86. The number of nitrogens with two attached hydrogens (primary N) is 1. The van der Waals surface area contributed by atoms with Crippen LogP contribution >= 0.6 is 0 Å². The van der Waals surface area contributed by atoms with Crippen molar-refractivity contribution >= 4 is 49.9 Å². The fraction of sp³-hybridized carbons (Fsp3) is 0.263. The quantitative estimate of drug-likeness (QED) is 0.577. The molecule has 0 bridgehead atoms. The number of benzene rings is 2. The second-order valence-electron chi connectivity index (χ2n) is 6.77. The van der Waals surface area contributed by atoms with E-state index in [-0.39, 0.29) is 9.36 Å². The molecular weight excluding hydrogens is 497 g/mol. The molecule has 1 unspecified atom stereocenters. The number of hydrogen-bond acceptors (Lipinski definition) is 7. The number of ether oxygens (including phenoxy) is 1. The zero-order chi connectivity index (χ0) is 21.0. The zero-order valence-corrected chi connectivity index (χ0v) is 20.3. The number of carbonyl (C=O) groups is 1.